The lowest BCUT2D eigenvalue weighted by Gasteiger charge is -2.13. The second-order valence-electron chi connectivity index (χ2n) is 8.48. The molecule has 0 radical (unpaired) electrons. The van der Waals surface area contributed by atoms with E-state index in [2.05, 4.69) is 10.3 Å². The number of anilines is 1. The molecule has 0 saturated carbocycles. The Morgan fingerprint density at radius 2 is 1.57 bits per heavy atom. The molecule has 35 heavy (non-hydrogen) atoms. The molecule has 0 spiro atoms. The Morgan fingerprint density at radius 3 is 2.23 bits per heavy atom. The Balaban J connectivity index is 1.57. The van der Waals surface area contributed by atoms with Crippen molar-refractivity contribution in [2.45, 2.75) is 32.8 Å². The molecule has 0 aliphatic carbocycles. The number of nitrogens with zero attached hydrogens (tertiary/aromatic N) is 2. The maximum Gasteiger partial charge on any atom is 0.229 e. The number of amides is 1. The van der Waals surface area contributed by atoms with Crippen LogP contribution in [0, 0.1) is 0 Å². The molecule has 178 valence electrons. The third-order valence-electron chi connectivity index (χ3n) is 5.36. The molecule has 3 aromatic carbocycles. The lowest BCUT2D eigenvalue weighted by molar-refractivity contribution is -0.115. The zero-order chi connectivity index (χ0) is 24.6. The number of nitrogens with one attached hydrogen (secondary N) is 1. The van der Waals surface area contributed by atoms with Crippen molar-refractivity contribution in [2.24, 2.45) is 0 Å². The fraction of sp³-hybridized carbons (Fsp3) is 0.207. The quantitative estimate of drug-likeness (QED) is 0.341. The second-order valence-corrected chi connectivity index (χ2v) is 8.48. The maximum atomic E-state index is 12.8. The smallest absolute Gasteiger partial charge is 0.229 e. The number of carbonyl (C=O) groups excluding carboxylic acids is 1. The van der Waals surface area contributed by atoms with Crippen LogP contribution in [-0.4, -0.2) is 29.1 Å². The molecule has 1 aromatic heterocycles. The molecule has 0 unspecified atom stereocenters. The van der Waals surface area contributed by atoms with Gasteiger partial charge in [0.2, 0.25) is 5.91 Å². The van der Waals surface area contributed by atoms with Crippen LogP contribution in [0.1, 0.15) is 30.7 Å². The number of ether oxygens (including phenoxy) is 2. The summed E-state index contributed by atoms with van der Waals surface area (Å²) in [5, 5.41) is 2.95. The summed E-state index contributed by atoms with van der Waals surface area (Å²) >= 11 is 0. The van der Waals surface area contributed by atoms with Gasteiger partial charge in [0.05, 0.1) is 37.2 Å². The van der Waals surface area contributed by atoms with Gasteiger partial charge in [-0.2, -0.15) is 0 Å². The molecule has 0 saturated heterocycles. The summed E-state index contributed by atoms with van der Waals surface area (Å²) in [5.41, 5.74) is 4.35. The summed E-state index contributed by atoms with van der Waals surface area (Å²) in [5.74, 6) is 1.88. The molecule has 1 heterocycles. The Bertz CT molecular complexity index is 1250. The van der Waals surface area contributed by atoms with Crippen molar-refractivity contribution < 1.29 is 14.3 Å². The molecule has 0 bridgehead atoms. The van der Waals surface area contributed by atoms with Gasteiger partial charge in [0.25, 0.3) is 0 Å². The molecule has 1 N–H and O–H groups in total. The van der Waals surface area contributed by atoms with Crippen LogP contribution in [-0.2, 0) is 17.6 Å². The van der Waals surface area contributed by atoms with E-state index in [1.807, 2.05) is 92.7 Å². The fourth-order valence-corrected chi connectivity index (χ4v) is 3.66. The van der Waals surface area contributed by atoms with Crippen molar-refractivity contribution in [3.63, 3.8) is 0 Å². The number of methoxy groups -OCH3 is 1. The first-order valence-corrected chi connectivity index (χ1v) is 11.6. The van der Waals surface area contributed by atoms with Crippen molar-refractivity contribution in [3.05, 3.63) is 102 Å². The zero-order valence-electron chi connectivity index (χ0n) is 20.2. The summed E-state index contributed by atoms with van der Waals surface area (Å²) in [6.45, 7) is 3.99. The number of benzene rings is 3. The van der Waals surface area contributed by atoms with E-state index in [9.17, 15) is 4.79 Å². The van der Waals surface area contributed by atoms with E-state index in [1.165, 1.54) is 0 Å². The van der Waals surface area contributed by atoms with E-state index >= 15 is 0 Å². The van der Waals surface area contributed by atoms with E-state index < -0.39 is 0 Å². The molecule has 0 aliphatic heterocycles. The topological polar surface area (TPSA) is 73.3 Å². The third-order valence-corrected chi connectivity index (χ3v) is 5.36. The largest absolute Gasteiger partial charge is 0.497 e. The Morgan fingerprint density at radius 1 is 0.886 bits per heavy atom. The van der Waals surface area contributed by atoms with E-state index in [0.717, 1.165) is 33.9 Å². The van der Waals surface area contributed by atoms with E-state index in [1.54, 1.807) is 13.3 Å². The lowest BCUT2D eigenvalue weighted by Crippen LogP contribution is -2.17. The van der Waals surface area contributed by atoms with Crippen molar-refractivity contribution in [1.29, 1.82) is 0 Å². The van der Waals surface area contributed by atoms with Crippen LogP contribution in [0.3, 0.4) is 0 Å². The van der Waals surface area contributed by atoms with Crippen LogP contribution < -0.4 is 14.8 Å². The van der Waals surface area contributed by atoms with Gasteiger partial charge in [0.1, 0.15) is 11.5 Å². The fourth-order valence-electron chi connectivity index (χ4n) is 3.66. The average Bonchev–Trinajstić information content (AvgIpc) is 2.86. The van der Waals surface area contributed by atoms with Gasteiger partial charge in [-0.1, -0.05) is 42.5 Å². The summed E-state index contributed by atoms with van der Waals surface area (Å²) in [6, 6.07) is 25.3. The number of aromatic nitrogens is 2. The highest BCUT2D eigenvalue weighted by molar-refractivity contribution is 5.92. The molecule has 4 rings (SSSR count). The minimum atomic E-state index is -0.151. The highest BCUT2D eigenvalue weighted by Gasteiger charge is 2.14. The first-order chi connectivity index (χ1) is 17.0. The standard InChI is InChI=1S/C29H29N3O3/c1-20(2)35-25-15-11-23(12-16-25)27-19-30-29(26(31-27)17-21-7-5-4-6-8-21)32-28(33)18-22-9-13-24(34-3)14-10-22/h4-16,19-20H,17-18H2,1-3H3,(H,30,32,33). The minimum absolute atomic E-state index is 0.110. The van der Waals surface area contributed by atoms with E-state index in [-0.39, 0.29) is 18.4 Å². The first-order valence-electron chi connectivity index (χ1n) is 11.6. The van der Waals surface area contributed by atoms with Crippen LogP contribution in [0.25, 0.3) is 11.3 Å². The Kier molecular flexibility index (Phi) is 7.73. The summed E-state index contributed by atoms with van der Waals surface area (Å²) in [7, 11) is 1.62. The molecular formula is C29H29N3O3. The number of hydrogen-bond acceptors (Lipinski definition) is 5. The van der Waals surface area contributed by atoms with Crippen molar-refractivity contribution >= 4 is 11.7 Å². The second kappa shape index (κ2) is 11.3. The average molecular weight is 468 g/mol. The van der Waals surface area contributed by atoms with Crippen LogP contribution in [0.2, 0.25) is 0 Å². The Hall–Kier alpha value is -4.19. The molecule has 1 amide bonds. The van der Waals surface area contributed by atoms with Crippen LogP contribution in [0.15, 0.2) is 85.1 Å². The first kappa shape index (κ1) is 24.0. The van der Waals surface area contributed by atoms with Gasteiger partial charge in [-0.05, 0) is 61.4 Å². The predicted octanol–water partition coefficient (Wildman–Crippen LogP) is 5.71. The minimum Gasteiger partial charge on any atom is -0.497 e. The third kappa shape index (κ3) is 6.67. The summed E-state index contributed by atoms with van der Waals surface area (Å²) in [4.78, 5) is 22.3. The van der Waals surface area contributed by atoms with Gasteiger partial charge < -0.3 is 14.8 Å². The van der Waals surface area contributed by atoms with Gasteiger partial charge in [-0.3, -0.25) is 4.79 Å². The van der Waals surface area contributed by atoms with Gasteiger partial charge in [-0.25, -0.2) is 9.97 Å². The van der Waals surface area contributed by atoms with Crippen molar-refractivity contribution in [2.75, 3.05) is 12.4 Å². The van der Waals surface area contributed by atoms with Crippen LogP contribution in [0.5, 0.6) is 11.5 Å². The Labute approximate surface area is 206 Å². The number of rotatable bonds is 9. The zero-order valence-corrected chi connectivity index (χ0v) is 20.2. The predicted molar refractivity (Wildman–Crippen MR) is 138 cm³/mol. The number of carbonyl (C=O) groups is 1. The number of hydrogen-bond donors (Lipinski definition) is 1. The molecule has 0 fully saturated rings. The molecule has 6 nitrogen and oxygen atoms in total. The van der Waals surface area contributed by atoms with Gasteiger partial charge >= 0.3 is 0 Å². The van der Waals surface area contributed by atoms with Gasteiger partial charge in [0.15, 0.2) is 5.82 Å². The highest BCUT2D eigenvalue weighted by Crippen LogP contribution is 2.24. The van der Waals surface area contributed by atoms with E-state index in [0.29, 0.717) is 17.9 Å². The summed E-state index contributed by atoms with van der Waals surface area (Å²) < 4.78 is 10.9. The van der Waals surface area contributed by atoms with Gasteiger partial charge in [-0.15, -0.1) is 0 Å². The molecular weight excluding hydrogens is 438 g/mol. The van der Waals surface area contributed by atoms with E-state index in [4.69, 9.17) is 14.5 Å². The lowest BCUT2D eigenvalue weighted by atomic mass is 10.1. The molecule has 6 heteroatoms. The molecule has 0 aliphatic rings. The van der Waals surface area contributed by atoms with Crippen molar-refractivity contribution in [3.8, 4) is 22.8 Å². The van der Waals surface area contributed by atoms with Crippen molar-refractivity contribution in [1.82, 2.24) is 9.97 Å². The highest BCUT2D eigenvalue weighted by atomic mass is 16.5. The molecule has 0 atom stereocenters. The normalized spacial score (nSPS) is 10.7. The maximum absolute atomic E-state index is 12.8. The monoisotopic (exact) mass is 467 g/mol. The van der Waals surface area contributed by atoms with Gasteiger partial charge in [0, 0.05) is 12.0 Å². The van der Waals surface area contributed by atoms with Crippen LogP contribution >= 0.6 is 0 Å². The SMILES string of the molecule is COc1ccc(CC(=O)Nc2ncc(-c3ccc(OC(C)C)cc3)nc2Cc2ccccc2)cc1. The van der Waals surface area contributed by atoms with Crippen LogP contribution in [0.4, 0.5) is 5.82 Å². The summed E-state index contributed by atoms with van der Waals surface area (Å²) in [6.07, 6.45) is 2.58. The molecule has 4 aromatic rings.